The van der Waals surface area contributed by atoms with Crippen LogP contribution < -0.4 is 0 Å². The van der Waals surface area contributed by atoms with Crippen molar-refractivity contribution in [3.05, 3.63) is 34.3 Å². The minimum absolute atomic E-state index is 0.211. The molecule has 0 heterocycles. The molecule has 0 radical (unpaired) electrons. The molecule has 5 nitrogen and oxygen atoms in total. The average molecular weight is 416 g/mol. The fraction of sp³-hybridized carbons (Fsp3) is 0.462. The van der Waals surface area contributed by atoms with Crippen LogP contribution in [-0.4, -0.2) is 19.4 Å². The van der Waals surface area contributed by atoms with Crippen LogP contribution in [-0.2, 0) is 23.7 Å². The second-order valence-corrected chi connectivity index (χ2v) is 6.68. The Hall–Kier alpha value is -0.910. The fourth-order valence-electron chi connectivity index (χ4n) is 1.67. The van der Waals surface area contributed by atoms with E-state index in [1.54, 1.807) is 0 Å². The number of phosphoric ester groups is 1. The van der Waals surface area contributed by atoms with Crippen LogP contribution in [0.2, 0.25) is 0 Å². The minimum Gasteiger partial charge on any atom is -0.287 e. The maximum Gasteiger partial charge on any atom is 0.476 e. The van der Waals surface area contributed by atoms with Crippen molar-refractivity contribution in [2.24, 2.45) is 0 Å². The van der Waals surface area contributed by atoms with Gasteiger partial charge in [0.1, 0.15) is 6.07 Å². The summed E-state index contributed by atoms with van der Waals surface area (Å²) in [5.74, 6) is 0. The van der Waals surface area contributed by atoms with Crippen LogP contribution in [0.3, 0.4) is 0 Å². The summed E-state index contributed by atoms with van der Waals surface area (Å²) in [6.07, 6.45) is -5.17. The molecule has 0 fully saturated rings. The Kier molecular flexibility index (Phi) is 6.81. The third-order valence-corrected chi connectivity index (χ3v) is 4.81. The molecule has 23 heavy (non-hydrogen) atoms. The number of phosphoric acid groups is 1. The predicted molar refractivity (Wildman–Crippen MR) is 79.4 cm³/mol. The van der Waals surface area contributed by atoms with Crippen molar-refractivity contribution in [3.8, 4) is 6.07 Å². The highest BCUT2D eigenvalue weighted by molar-refractivity contribution is 9.10. The van der Waals surface area contributed by atoms with Gasteiger partial charge in [-0.15, -0.1) is 0 Å². The van der Waals surface area contributed by atoms with Crippen LogP contribution in [0.4, 0.5) is 13.2 Å². The molecular weight excluding hydrogens is 402 g/mol. The molecule has 0 amide bonds. The van der Waals surface area contributed by atoms with Gasteiger partial charge in [0.15, 0.2) is 0 Å². The largest absolute Gasteiger partial charge is 0.476 e. The van der Waals surface area contributed by atoms with Gasteiger partial charge in [-0.3, -0.25) is 9.05 Å². The Morgan fingerprint density at radius 1 is 1.17 bits per heavy atom. The lowest BCUT2D eigenvalue weighted by atomic mass is 9.95. The van der Waals surface area contributed by atoms with Gasteiger partial charge in [-0.1, -0.05) is 28.1 Å². The Bertz CT molecular complexity index is 607. The Balaban J connectivity index is 3.44. The molecule has 0 aliphatic rings. The first-order chi connectivity index (χ1) is 10.6. The molecule has 0 aliphatic carbocycles. The van der Waals surface area contributed by atoms with Crippen LogP contribution in [0.5, 0.6) is 0 Å². The number of hydrogen-bond acceptors (Lipinski definition) is 5. The third kappa shape index (κ3) is 4.55. The lowest BCUT2D eigenvalue weighted by molar-refractivity contribution is -0.236. The molecule has 0 saturated heterocycles. The third-order valence-electron chi connectivity index (χ3n) is 2.63. The van der Waals surface area contributed by atoms with E-state index in [1.807, 2.05) is 0 Å². The summed E-state index contributed by atoms with van der Waals surface area (Å²) in [6.45, 7) is 2.40. The van der Waals surface area contributed by atoms with E-state index in [1.165, 1.54) is 26.0 Å². The maximum absolute atomic E-state index is 13.6. The van der Waals surface area contributed by atoms with E-state index in [4.69, 9.17) is 9.05 Å². The summed E-state index contributed by atoms with van der Waals surface area (Å²) in [7, 11) is -4.59. The molecule has 0 saturated carbocycles. The molecule has 0 spiro atoms. The normalized spacial score (nSPS) is 15.0. The van der Waals surface area contributed by atoms with Gasteiger partial charge in [-0.2, -0.15) is 18.4 Å². The molecule has 1 rings (SSSR count). The molecule has 0 N–H and O–H groups in total. The number of benzene rings is 1. The maximum atomic E-state index is 13.6. The van der Waals surface area contributed by atoms with E-state index in [0.717, 1.165) is 18.2 Å². The molecule has 0 bridgehead atoms. The van der Waals surface area contributed by atoms with E-state index >= 15 is 0 Å². The number of hydrogen-bond donors (Lipinski definition) is 0. The van der Waals surface area contributed by atoms with E-state index in [9.17, 15) is 23.0 Å². The zero-order chi connectivity index (χ0) is 17.7. The standard InChI is InChI=1S/C13H14BrF3NO4P/c1-3-20-23(19,21-4-2)22-12(9-18,13(15,16)17)10-5-7-11(14)8-6-10/h5-8H,3-4H2,1-2H3. The summed E-state index contributed by atoms with van der Waals surface area (Å²) in [4.78, 5) is 0. The second-order valence-electron chi connectivity index (χ2n) is 4.17. The van der Waals surface area contributed by atoms with Gasteiger partial charge in [-0.05, 0) is 26.0 Å². The predicted octanol–water partition coefficient (Wildman–Crippen LogP) is 4.93. The van der Waals surface area contributed by atoms with Crippen molar-refractivity contribution in [1.82, 2.24) is 0 Å². The van der Waals surface area contributed by atoms with E-state index < -0.39 is 25.2 Å². The summed E-state index contributed by atoms with van der Waals surface area (Å²) in [6, 6.07) is 5.78. The first-order valence-corrected chi connectivity index (χ1v) is 8.73. The highest BCUT2D eigenvalue weighted by Gasteiger charge is 2.62. The number of halogens is 4. The summed E-state index contributed by atoms with van der Waals surface area (Å²) in [5, 5.41) is 9.20. The van der Waals surface area contributed by atoms with Crippen LogP contribution in [0.1, 0.15) is 19.4 Å². The molecule has 1 atom stereocenters. The average Bonchev–Trinajstić information content (AvgIpc) is 2.45. The Labute approximate surface area is 140 Å². The van der Waals surface area contributed by atoms with E-state index in [2.05, 4.69) is 20.5 Å². The molecule has 128 valence electrons. The van der Waals surface area contributed by atoms with Crippen molar-refractivity contribution in [1.29, 1.82) is 5.26 Å². The molecular formula is C13H14BrF3NO4P. The number of nitriles is 1. The highest BCUT2D eigenvalue weighted by atomic mass is 79.9. The van der Waals surface area contributed by atoms with Crippen molar-refractivity contribution < 1.29 is 31.3 Å². The minimum atomic E-state index is -5.17. The molecule has 0 aromatic heterocycles. The first-order valence-electron chi connectivity index (χ1n) is 6.48. The molecule has 1 unspecified atom stereocenters. The van der Waals surface area contributed by atoms with Crippen molar-refractivity contribution in [2.75, 3.05) is 13.2 Å². The van der Waals surface area contributed by atoms with Crippen molar-refractivity contribution in [3.63, 3.8) is 0 Å². The number of nitrogens with zero attached hydrogens (tertiary/aromatic N) is 1. The van der Waals surface area contributed by atoms with Gasteiger partial charge < -0.3 is 0 Å². The molecule has 1 aromatic carbocycles. The zero-order valence-corrected chi connectivity index (χ0v) is 14.7. The smallest absolute Gasteiger partial charge is 0.287 e. The summed E-state index contributed by atoms with van der Waals surface area (Å²) in [5.41, 5.74) is -4.01. The first kappa shape index (κ1) is 20.1. The van der Waals surface area contributed by atoms with Gasteiger partial charge in [0.2, 0.25) is 0 Å². The number of rotatable bonds is 7. The van der Waals surface area contributed by atoms with Gasteiger partial charge in [0.05, 0.1) is 13.2 Å². The lowest BCUT2D eigenvalue weighted by Gasteiger charge is -2.31. The van der Waals surface area contributed by atoms with E-state index in [-0.39, 0.29) is 13.2 Å². The van der Waals surface area contributed by atoms with Gasteiger partial charge in [0.25, 0.3) is 5.60 Å². The quantitative estimate of drug-likeness (QED) is 0.590. The fourth-order valence-corrected chi connectivity index (χ4v) is 3.34. The monoisotopic (exact) mass is 415 g/mol. The van der Waals surface area contributed by atoms with E-state index in [0.29, 0.717) is 4.47 Å². The van der Waals surface area contributed by atoms with Crippen LogP contribution in [0, 0.1) is 11.3 Å². The number of alkyl halides is 3. The van der Waals surface area contributed by atoms with Gasteiger partial charge in [0, 0.05) is 10.0 Å². The van der Waals surface area contributed by atoms with Gasteiger partial charge in [-0.25, -0.2) is 9.09 Å². The SMILES string of the molecule is CCOP(=O)(OCC)OC(C#N)(c1ccc(Br)cc1)C(F)(F)F. The highest BCUT2D eigenvalue weighted by Crippen LogP contribution is 2.58. The molecule has 0 aliphatic heterocycles. The molecule has 10 heteroatoms. The summed E-state index contributed by atoms with van der Waals surface area (Å²) < 4.78 is 67.7. The van der Waals surface area contributed by atoms with Crippen LogP contribution in [0.15, 0.2) is 28.7 Å². The van der Waals surface area contributed by atoms with Crippen LogP contribution in [0.25, 0.3) is 0 Å². The Morgan fingerprint density at radius 2 is 1.65 bits per heavy atom. The topological polar surface area (TPSA) is 68.6 Å². The van der Waals surface area contributed by atoms with Crippen molar-refractivity contribution >= 4 is 23.8 Å². The molecule has 1 aromatic rings. The Morgan fingerprint density at radius 3 is 2.00 bits per heavy atom. The second kappa shape index (κ2) is 7.77. The van der Waals surface area contributed by atoms with Crippen molar-refractivity contribution in [2.45, 2.75) is 25.6 Å². The lowest BCUT2D eigenvalue weighted by Crippen LogP contribution is -2.43. The van der Waals surface area contributed by atoms with Gasteiger partial charge >= 0.3 is 14.0 Å². The summed E-state index contributed by atoms with van der Waals surface area (Å²) >= 11 is 3.09. The zero-order valence-electron chi connectivity index (χ0n) is 12.3. The van der Waals surface area contributed by atoms with Crippen LogP contribution >= 0.6 is 23.8 Å².